The lowest BCUT2D eigenvalue weighted by Gasteiger charge is -2.36. The maximum atomic E-state index is 13.0. The highest BCUT2D eigenvalue weighted by atomic mass is 16.7. The van der Waals surface area contributed by atoms with Crippen LogP contribution < -0.4 is 19.3 Å². The van der Waals surface area contributed by atoms with Crippen molar-refractivity contribution in [2.45, 2.75) is 13.0 Å². The predicted molar refractivity (Wildman–Crippen MR) is 119 cm³/mol. The summed E-state index contributed by atoms with van der Waals surface area (Å²) in [6, 6.07) is 12.3. The maximum Gasteiger partial charge on any atom is 0.231 e. The number of hydrogen-bond donors (Lipinski definition) is 1. The van der Waals surface area contributed by atoms with Gasteiger partial charge in [0, 0.05) is 49.1 Å². The number of ketones is 2. The van der Waals surface area contributed by atoms with Gasteiger partial charge in [-0.15, -0.1) is 0 Å². The molecule has 3 aliphatic rings. The Bertz CT molecular complexity index is 1370. The predicted octanol–water partition coefficient (Wildman–Crippen LogP) is 0.651. The van der Waals surface area contributed by atoms with Crippen LogP contribution in [-0.2, 0) is 11.3 Å². The Morgan fingerprint density at radius 3 is 2.46 bits per heavy atom. The number of benzene rings is 2. The van der Waals surface area contributed by atoms with Gasteiger partial charge in [-0.3, -0.25) is 14.4 Å². The Labute approximate surface area is 199 Å². The molecule has 1 aromatic heterocycles. The third-order valence-electron chi connectivity index (χ3n) is 6.63. The summed E-state index contributed by atoms with van der Waals surface area (Å²) >= 11 is 0. The summed E-state index contributed by atoms with van der Waals surface area (Å²) in [7, 11) is 0. The number of carbonyl (C=O) groups is 3. The van der Waals surface area contributed by atoms with Crippen molar-refractivity contribution in [1.82, 2.24) is 14.7 Å². The van der Waals surface area contributed by atoms with Crippen LogP contribution in [0.15, 0.2) is 42.5 Å². The largest absolute Gasteiger partial charge is 0.454 e. The van der Waals surface area contributed by atoms with Gasteiger partial charge in [0.05, 0.1) is 18.1 Å². The molecule has 35 heavy (non-hydrogen) atoms. The van der Waals surface area contributed by atoms with E-state index in [9.17, 15) is 19.6 Å². The van der Waals surface area contributed by atoms with Crippen molar-refractivity contribution in [3.63, 3.8) is 0 Å². The number of nitrogens with zero attached hydrogens (tertiary/aromatic N) is 5. The Hall–Kier alpha value is -4.41. The molecule has 0 atom stereocenters. The van der Waals surface area contributed by atoms with Gasteiger partial charge in [0.1, 0.15) is 0 Å². The average molecular weight is 476 g/mol. The molecule has 1 saturated heterocycles. The number of amides is 1. The molecular formula is C24H22N5O6+. The SMILES string of the molecule is O=C1c2ccccc2C(=O)c2c1n[n+](O)n2CCC(=O)N1CCN(c2ccc3c(c2)OCO3)CC1. The number of rotatable bonds is 4. The zero-order valence-electron chi connectivity index (χ0n) is 18.7. The third kappa shape index (κ3) is 3.47. The van der Waals surface area contributed by atoms with Crippen molar-refractivity contribution in [3.05, 3.63) is 65.0 Å². The van der Waals surface area contributed by atoms with Crippen molar-refractivity contribution in [1.29, 1.82) is 0 Å². The number of carbonyl (C=O) groups excluding carboxylic acids is 3. The van der Waals surface area contributed by atoms with Gasteiger partial charge in [0.25, 0.3) is 0 Å². The van der Waals surface area contributed by atoms with Crippen LogP contribution >= 0.6 is 0 Å². The van der Waals surface area contributed by atoms with Crippen molar-refractivity contribution in [2.75, 3.05) is 37.9 Å². The summed E-state index contributed by atoms with van der Waals surface area (Å²) in [6.45, 7) is 2.65. The minimum atomic E-state index is -0.428. The molecule has 2 aliphatic heterocycles. The molecule has 0 unspecified atom stereocenters. The number of hydrogen-bond acceptors (Lipinski definition) is 8. The van der Waals surface area contributed by atoms with Gasteiger partial charge in [0.15, 0.2) is 17.2 Å². The summed E-state index contributed by atoms with van der Waals surface area (Å²) in [4.78, 5) is 43.1. The van der Waals surface area contributed by atoms with E-state index in [0.717, 1.165) is 17.2 Å². The number of aromatic nitrogens is 3. The van der Waals surface area contributed by atoms with Gasteiger partial charge in [-0.05, 0) is 12.1 Å². The van der Waals surface area contributed by atoms with Gasteiger partial charge in [-0.1, -0.05) is 28.9 Å². The third-order valence-corrected chi connectivity index (χ3v) is 6.63. The van der Waals surface area contributed by atoms with Crippen LogP contribution in [0.25, 0.3) is 0 Å². The summed E-state index contributed by atoms with van der Waals surface area (Å²) in [5, 5.41) is 14.1. The molecule has 11 heteroatoms. The second-order valence-corrected chi connectivity index (χ2v) is 8.55. The first-order valence-corrected chi connectivity index (χ1v) is 11.3. The molecule has 0 radical (unpaired) electrons. The minimum absolute atomic E-state index is 0.00312. The molecule has 1 aliphatic carbocycles. The highest BCUT2D eigenvalue weighted by Gasteiger charge is 2.41. The first-order chi connectivity index (χ1) is 17.0. The normalized spacial score (nSPS) is 16.3. The molecule has 1 amide bonds. The van der Waals surface area contributed by atoms with E-state index in [4.69, 9.17) is 9.47 Å². The minimum Gasteiger partial charge on any atom is -0.454 e. The fourth-order valence-corrected chi connectivity index (χ4v) is 4.77. The molecule has 6 rings (SSSR count). The zero-order valence-corrected chi connectivity index (χ0v) is 18.7. The summed E-state index contributed by atoms with van der Waals surface area (Å²) in [5.41, 5.74) is 1.41. The Morgan fingerprint density at radius 2 is 1.69 bits per heavy atom. The molecule has 0 spiro atoms. The summed E-state index contributed by atoms with van der Waals surface area (Å²) in [6.07, 6.45) is 0.0521. The lowest BCUT2D eigenvalue weighted by Crippen LogP contribution is -2.49. The standard InChI is InChI=1S/C24H22N5O6/c30-20(27-11-9-26(10-12-27)15-5-6-18-19(13-15)35-14-34-18)7-8-28-22-21(25-29(28)33)23(31)16-3-1-2-4-17(16)24(22)32/h1-6,13H,7-12,14H2,(H,25,33)/q+1. The number of ether oxygens (including phenoxy) is 2. The van der Waals surface area contributed by atoms with Gasteiger partial charge in [-0.2, -0.15) is 0 Å². The second kappa shape index (κ2) is 8.12. The fraction of sp³-hybridized carbons (Fsp3) is 0.292. The van der Waals surface area contributed by atoms with Crippen LogP contribution in [0.2, 0.25) is 0 Å². The molecule has 0 bridgehead atoms. The van der Waals surface area contributed by atoms with Crippen LogP contribution in [0, 0.1) is 0 Å². The molecule has 1 fully saturated rings. The van der Waals surface area contributed by atoms with Crippen LogP contribution in [0.3, 0.4) is 0 Å². The van der Waals surface area contributed by atoms with E-state index in [1.165, 1.54) is 4.68 Å². The van der Waals surface area contributed by atoms with Crippen LogP contribution in [0.5, 0.6) is 11.5 Å². The van der Waals surface area contributed by atoms with Crippen LogP contribution in [-0.4, -0.2) is 70.3 Å². The van der Waals surface area contributed by atoms with Crippen LogP contribution in [0.4, 0.5) is 5.69 Å². The molecule has 178 valence electrons. The van der Waals surface area contributed by atoms with Crippen molar-refractivity contribution in [3.8, 4) is 11.5 Å². The molecule has 2 aromatic carbocycles. The molecule has 0 saturated carbocycles. The lowest BCUT2D eigenvalue weighted by molar-refractivity contribution is -1.00. The van der Waals surface area contributed by atoms with E-state index in [0.29, 0.717) is 31.1 Å². The summed E-state index contributed by atoms with van der Waals surface area (Å²) < 4.78 is 12.0. The maximum absolute atomic E-state index is 13.0. The first-order valence-electron chi connectivity index (χ1n) is 11.3. The van der Waals surface area contributed by atoms with E-state index >= 15 is 0 Å². The van der Waals surface area contributed by atoms with Gasteiger partial charge >= 0.3 is 0 Å². The van der Waals surface area contributed by atoms with E-state index in [2.05, 4.69) is 10.00 Å². The topological polar surface area (TPSA) is 118 Å². The Balaban J connectivity index is 1.12. The molecule has 11 nitrogen and oxygen atoms in total. The fourth-order valence-electron chi connectivity index (χ4n) is 4.77. The Kier molecular flexibility index (Phi) is 4.90. The average Bonchev–Trinajstić information content (AvgIpc) is 3.49. The van der Waals surface area contributed by atoms with Gasteiger partial charge in [-0.25, -0.2) is 5.21 Å². The quantitative estimate of drug-likeness (QED) is 0.337. The number of fused-ring (bicyclic) bond motifs is 3. The molecule has 3 aromatic rings. The number of anilines is 1. The second-order valence-electron chi connectivity index (χ2n) is 8.55. The lowest BCUT2D eigenvalue weighted by atomic mass is 9.90. The highest BCUT2D eigenvalue weighted by molar-refractivity contribution is 6.26. The highest BCUT2D eigenvalue weighted by Crippen LogP contribution is 2.35. The number of piperazine rings is 1. The smallest absolute Gasteiger partial charge is 0.231 e. The summed E-state index contributed by atoms with van der Waals surface area (Å²) in [5.74, 6) is 0.516. The van der Waals surface area contributed by atoms with E-state index < -0.39 is 11.6 Å². The van der Waals surface area contributed by atoms with E-state index in [1.54, 1.807) is 29.2 Å². The Morgan fingerprint density at radius 1 is 0.971 bits per heavy atom. The van der Waals surface area contributed by atoms with Crippen molar-refractivity contribution < 1.29 is 34.0 Å². The molecular weight excluding hydrogens is 454 g/mol. The molecule has 1 N–H and O–H groups in total. The van der Waals surface area contributed by atoms with Crippen LogP contribution in [0.1, 0.15) is 38.5 Å². The van der Waals surface area contributed by atoms with Gasteiger partial charge in [0.2, 0.25) is 34.9 Å². The van der Waals surface area contributed by atoms with E-state index in [-0.39, 0.29) is 48.2 Å². The van der Waals surface area contributed by atoms with E-state index in [1.807, 2.05) is 18.2 Å². The van der Waals surface area contributed by atoms with Crippen molar-refractivity contribution in [2.24, 2.45) is 0 Å². The van der Waals surface area contributed by atoms with Gasteiger partial charge < -0.3 is 19.3 Å². The molecule has 3 heterocycles. The zero-order chi connectivity index (χ0) is 24.1. The first kappa shape index (κ1) is 21.1. The van der Waals surface area contributed by atoms with Crippen molar-refractivity contribution >= 4 is 23.2 Å². The monoisotopic (exact) mass is 476 g/mol.